The van der Waals surface area contributed by atoms with Crippen LogP contribution in [0.25, 0.3) is 0 Å². The summed E-state index contributed by atoms with van der Waals surface area (Å²) in [7, 11) is 0. The van der Waals surface area contributed by atoms with Gasteiger partial charge in [-0.25, -0.2) is 4.79 Å². The molecular formula is C9H16N2O. The molecule has 2 aliphatic rings. The van der Waals surface area contributed by atoms with E-state index in [1.54, 1.807) is 0 Å². The van der Waals surface area contributed by atoms with E-state index in [1.807, 2.05) is 4.90 Å². The van der Waals surface area contributed by atoms with E-state index in [0.717, 1.165) is 13.1 Å². The minimum atomic E-state index is 0.155. The Kier molecular flexibility index (Phi) is 2.19. The van der Waals surface area contributed by atoms with Crippen molar-refractivity contribution >= 4 is 6.03 Å². The highest BCUT2D eigenvalue weighted by atomic mass is 16.2. The van der Waals surface area contributed by atoms with E-state index in [0.29, 0.717) is 6.04 Å². The van der Waals surface area contributed by atoms with Crippen LogP contribution in [0.2, 0.25) is 0 Å². The fraction of sp³-hybridized carbons (Fsp3) is 0.889. The molecule has 1 aliphatic heterocycles. The van der Waals surface area contributed by atoms with Crippen LogP contribution in [0.1, 0.15) is 32.1 Å². The number of hydrogen-bond donors (Lipinski definition) is 1. The van der Waals surface area contributed by atoms with E-state index in [4.69, 9.17) is 0 Å². The van der Waals surface area contributed by atoms with E-state index in [2.05, 4.69) is 5.32 Å². The highest BCUT2D eigenvalue weighted by molar-refractivity contribution is 5.76. The minimum absolute atomic E-state index is 0.155. The van der Waals surface area contributed by atoms with E-state index in [1.165, 1.54) is 32.1 Å². The molecule has 0 atom stereocenters. The van der Waals surface area contributed by atoms with Crippen molar-refractivity contribution in [1.29, 1.82) is 0 Å². The van der Waals surface area contributed by atoms with Gasteiger partial charge in [0.25, 0.3) is 0 Å². The summed E-state index contributed by atoms with van der Waals surface area (Å²) in [5.74, 6) is 0. The summed E-state index contributed by atoms with van der Waals surface area (Å²) in [6, 6.07) is 0.697. The Morgan fingerprint density at radius 2 is 2.00 bits per heavy atom. The summed E-state index contributed by atoms with van der Waals surface area (Å²) in [6.07, 6.45) is 6.38. The van der Waals surface area contributed by atoms with Crippen LogP contribution in [-0.4, -0.2) is 30.1 Å². The quantitative estimate of drug-likeness (QED) is 0.629. The molecule has 2 amide bonds. The van der Waals surface area contributed by atoms with Gasteiger partial charge in [0.05, 0.1) is 0 Å². The maximum Gasteiger partial charge on any atom is 0.317 e. The number of hydrogen-bond acceptors (Lipinski definition) is 1. The summed E-state index contributed by atoms with van der Waals surface area (Å²) in [6.45, 7) is 1.76. The second-order valence-electron chi connectivity index (χ2n) is 3.72. The minimum Gasteiger partial charge on any atom is -0.336 e. The first-order chi connectivity index (χ1) is 5.88. The van der Waals surface area contributed by atoms with Crippen LogP contribution >= 0.6 is 0 Å². The summed E-state index contributed by atoms with van der Waals surface area (Å²) in [4.78, 5) is 13.3. The Morgan fingerprint density at radius 3 is 2.58 bits per heavy atom. The normalized spacial score (nSPS) is 26.0. The molecule has 0 aromatic carbocycles. The number of carbonyl (C=O) groups is 1. The van der Waals surface area contributed by atoms with Crippen molar-refractivity contribution in [3.63, 3.8) is 0 Å². The first-order valence-corrected chi connectivity index (χ1v) is 4.92. The second-order valence-corrected chi connectivity index (χ2v) is 3.72. The Morgan fingerprint density at radius 1 is 1.25 bits per heavy atom. The third kappa shape index (κ3) is 1.40. The zero-order valence-corrected chi connectivity index (χ0v) is 7.38. The smallest absolute Gasteiger partial charge is 0.317 e. The number of nitrogens with one attached hydrogen (secondary N) is 1. The van der Waals surface area contributed by atoms with E-state index in [-0.39, 0.29) is 6.03 Å². The molecule has 0 radical (unpaired) electrons. The van der Waals surface area contributed by atoms with Gasteiger partial charge in [-0.2, -0.15) is 0 Å². The summed E-state index contributed by atoms with van der Waals surface area (Å²) >= 11 is 0. The van der Waals surface area contributed by atoms with Gasteiger partial charge in [-0.05, 0) is 12.8 Å². The molecule has 2 fully saturated rings. The van der Waals surface area contributed by atoms with Gasteiger partial charge in [0, 0.05) is 19.1 Å². The number of rotatable bonds is 1. The van der Waals surface area contributed by atoms with Crippen molar-refractivity contribution < 1.29 is 4.79 Å². The Hall–Kier alpha value is -0.730. The predicted octanol–water partition coefficient (Wildman–Crippen LogP) is 1.34. The lowest BCUT2D eigenvalue weighted by Crippen LogP contribution is -2.39. The number of urea groups is 1. The van der Waals surface area contributed by atoms with Gasteiger partial charge in [-0.1, -0.05) is 19.3 Å². The van der Waals surface area contributed by atoms with Gasteiger partial charge in [-0.15, -0.1) is 0 Å². The summed E-state index contributed by atoms with van der Waals surface area (Å²) < 4.78 is 0. The Labute approximate surface area is 73.1 Å². The Balaban J connectivity index is 1.93. The fourth-order valence-corrected chi connectivity index (χ4v) is 2.23. The summed E-state index contributed by atoms with van der Waals surface area (Å²) in [5.41, 5.74) is 0. The van der Waals surface area contributed by atoms with Gasteiger partial charge in [0.2, 0.25) is 0 Å². The van der Waals surface area contributed by atoms with Crippen molar-refractivity contribution in [2.75, 3.05) is 13.1 Å². The highest BCUT2D eigenvalue weighted by Crippen LogP contribution is 2.23. The van der Waals surface area contributed by atoms with E-state index < -0.39 is 0 Å². The van der Waals surface area contributed by atoms with Crippen LogP contribution in [-0.2, 0) is 0 Å². The molecule has 1 N–H and O–H groups in total. The lowest BCUT2D eigenvalue weighted by atomic mass is 9.94. The Bertz CT molecular complexity index is 175. The van der Waals surface area contributed by atoms with Crippen molar-refractivity contribution in [2.24, 2.45) is 0 Å². The van der Waals surface area contributed by atoms with Gasteiger partial charge in [0.1, 0.15) is 0 Å². The molecule has 0 unspecified atom stereocenters. The van der Waals surface area contributed by atoms with Crippen LogP contribution in [0.3, 0.4) is 0 Å². The standard InChI is InChI=1S/C9H16N2O/c12-9-10-6-7-11(9)8-4-2-1-3-5-8/h8H,1-7H2,(H,10,12). The van der Waals surface area contributed by atoms with Crippen LogP contribution in [0.15, 0.2) is 0 Å². The average molecular weight is 168 g/mol. The maximum absolute atomic E-state index is 11.3. The van der Waals surface area contributed by atoms with Crippen molar-refractivity contribution in [1.82, 2.24) is 10.2 Å². The van der Waals surface area contributed by atoms with E-state index >= 15 is 0 Å². The zero-order chi connectivity index (χ0) is 8.39. The van der Waals surface area contributed by atoms with Crippen LogP contribution in [0.5, 0.6) is 0 Å². The lowest BCUT2D eigenvalue weighted by molar-refractivity contribution is 0.179. The molecule has 12 heavy (non-hydrogen) atoms. The maximum atomic E-state index is 11.3. The van der Waals surface area contributed by atoms with Crippen molar-refractivity contribution in [3.05, 3.63) is 0 Å². The molecule has 3 nitrogen and oxygen atoms in total. The summed E-state index contributed by atoms with van der Waals surface area (Å²) in [5, 5.41) is 2.85. The zero-order valence-electron chi connectivity index (χ0n) is 7.38. The first-order valence-electron chi connectivity index (χ1n) is 4.92. The topological polar surface area (TPSA) is 32.3 Å². The molecule has 0 aromatic rings. The monoisotopic (exact) mass is 168 g/mol. The molecule has 3 heteroatoms. The third-order valence-corrected chi connectivity index (χ3v) is 2.91. The molecule has 2 rings (SSSR count). The number of amides is 2. The van der Waals surface area contributed by atoms with Crippen molar-refractivity contribution in [3.8, 4) is 0 Å². The van der Waals surface area contributed by atoms with Crippen molar-refractivity contribution in [2.45, 2.75) is 38.1 Å². The molecule has 1 aliphatic carbocycles. The molecule has 0 bridgehead atoms. The highest BCUT2D eigenvalue weighted by Gasteiger charge is 2.28. The third-order valence-electron chi connectivity index (χ3n) is 2.91. The van der Waals surface area contributed by atoms with Crippen LogP contribution in [0, 0.1) is 0 Å². The van der Waals surface area contributed by atoms with Gasteiger partial charge >= 0.3 is 6.03 Å². The SMILES string of the molecule is O=C1NCCN1C1CCCCC1. The van der Waals surface area contributed by atoms with Gasteiger partial charge in [-0.3, -0.25) is 0 Å². The second kappa shape index (κ2) is 3.33. The molecule has 1 saturated carbocycles. The van der Waals surface area contributed by atoms with Gasteiger partial charge in [0.15, 0.2) is 0 Å². The molecular weight excluding hydrogens is 152 g/mol. The number of nitrogens with zero attached hydrogens (tertiary/aromatic N) is 1. The lowest BCUT2D eigenvalue weighted by Gasteiger charge is -2.29. The first kappa shape index (κ1) is 7.90. The fourth-order valence-electron chi connectivity index (χ4n) is 2.23. The van der Waals surface area contributed by atoms with Crippen LogP contribution < -0.4 is 5.32 Å². The largest absolute Gasteiger partial charge is 0.336 e. The molecule has 68 valence electrons. The van der Waals surface area contributed by atoms with E-state index in [9.17, 15) is 4.79 Å². The molecule has 1 saturated heterocycles. The molecule has 0 aromatic heterocycles. The molecule has 0 spiro atoms. The van der Waals surface area contributed by atoms with Crippen LogP contribution in [0.4, 0.5) is 4.79 Å². The molecule has 1 heterocycles. The van der Waals surface area contributed by atoms with Gasteiger partial charge < -0.3 is 10.2 Å². The number of carbonyl (C=O) groups excluding carboxylic acids is 1. The average Bonchev–Trinajstić information content (AvgIpc) is 2.53. The predicted molar refractivity (Wildman–Crippen MR) is 47.0 cm³/mol.